The van der Waals surface area contributed by atoms with Crippen molar-refractivity contribution in [2.75, 3.05) is 31.3 Å². The van der Waals surface area contributed by atoms with Crippen molar-refractivity contribution in [3.63, 3.8) is 0 Å². The second-order valence-corrected chi connectivity index (χ2v) is 5.31. The molecule has 0 atom stereocenters. The average Bonchev–Trinajstić information content (AvgIpc) is 2.61. The maximum Gasteiger partial charge on any atom is 0.337 e. The highest BCUT2D eigenvalue weighted by molar-refractivity contribution is 5.89. The highest BCUT2D eigenvalue weighted by atomic mass is 16.5. The van der Waals surface area contributed by atoms with Gasteiger partial charge in [-0.25, -0.2) is 9.78 Å². The molecule has 1 aromatic heterocycles. The molecule has 0 amide bonds. The minimum absolute atomic E-state index is 0.286. The van der Waals surface area contributed by atoms with Gasteiger partial charge in [0.15, 0.2) is 5.82 Å². The van der Waals surface area contributed by atoms with E-state index in [0.717, 1.165) is 19.4 Å². The molecular weight excluding hydrogens is 308 g/mol. The molecule has 0 saturated carbocycles. The predicted octanol–water partition coefficient (Wildman–Crippen LogP) is 2.87. The van der Waals surface area contributed by atoms with Crippen LogP contribution in [-0.2, 0) is 4.74 Å². The van der Waals surface area contributed by atoms with E-state index >= 15 is 0 Å². The quantitative estimate of drug-likeness (QED) is 0.780. The van der Waals surface area contributed by atoms with Crippen LogP contribution in [0.3, 0.4) is 0 Å². The molecule has 2 N–H and O–H groups in total. The maximum absolute atomic E-state index is 11.4. The lowest BCUT2D eigenvalue weighted by molar-refractivity contribution is 0.0600. The summed E-state index contributed by atoms with van der Waals surface area (Å²) in [6.07, 6.45) is 3.56. The number of esters is 1. The van der Waals surface area contributed by atoms with Crippen molar-refractivity contribution in [3.05, 3.63) is 36.2 Å². The van der Waals surface area contributed by atoms with Gasteiger partial charge in [0.1, 0.15) is 17.8 Å². The topological polar surface area (TPSA) is 90.6 Å². The molecule has 7 heteroatoms. The molecule has 0 aliphatic heterocycles. The molecule has 0 unspecified atom stereocenters. The van der Waals surface area contributed by atoms with Crippen LogP contribution in [0.25, 0.3) is 0 Å². The summed E-state index contributed by atoms with van der Waals surface area (Å²) < 4.78 is 10.4. The Bertz CT molecular complexity index is 689. The SMILES string of the molecule is CCCCN(C)c1ncnc(Oc2ccc(C(=O)OC)cc2)c1N. The van der Waals surface area contributed by atoms with Gasteiger partial charge in [-0.05, 0) is 30.7 Å². The van der Waals surface area contributed by atoms with E-state index in [9.17, 15) is 4.79 Å². The van der Waals surface area contributed by atoms with Gasteiger partial charge in [-0.3, -0.25) is 0 Å². The van der Waals surface area contributed by atoms with Gasteiger partial charge in [-0.1, -0.05) is 13.3 Å². The van der Waals surface area contributed by atoms with Gasteiger partial charge >= 0.3 is 5.97 Å². The van der Waals surface area contributed by atoms with E-state index in [1.165, 1.54) is 13.4 Å². The Labute approximate surface area is 141 Å². The Balaban J connectivity index is 2.16. The lowest BCUT2D eigenvalue weighted by Gasteiger charge is -2.20. The average molecular weight is 330 g/mol. The second kappa shape index (κ2) is 8.14. The highest BCUT2D eigenvalue weighted by Crippen LogP contribution is 2.31. The van der Waals surface area contributed by atoms with Crippen molar-refractivity contribution in [2.45, 2.75) is 19.8 Å². The van der Waals surface area contributed by atoms with Gasteiger partial charge in [0.2, 0.25) is 5.88 Å². The lowest BCUT2D eigenvalue weighted by Crippen LogP contribution is -2.21. The predicted molar refractivity (Wildman–Crippen MR) is 92.5 cm³/mol. The third-order valence-corrected chi connectivity index (χ3v) is 3.52. The Morgan fingerprint density at radius 1 is 1.25 bits per heavy atom. The maximum atomic E-state index is 11.4. The number of aromatic nitrogens is 2. The molecule has 0 bridgehead atoms. The molecule has 7 nitrogen and oxygen atoms in total. The number of hydrogen-bond donors (Lipinski definition) is 1. The number of anilines is 2. The number of carbonyl (C=O) groups is 1. The van der Waals surface area contributed by atoms with Crippen LogP contribution in [0, 0.1) is 0 Å². The molecule has 0 radical (unpaired) electrons. The third kappa shape index (κ3) is 4.13. The monoisotopic (exact) mass is 330 g/mol. The minimum atomic E-state index is -0.400. The van der Waals surface area contributed by atoms with Crippen molar-refractivity contribution < 1.29 is 14.3 Å². The van der Waals surface area contributed by atoms with Gasteiger partial charge in [0.25, 0.3) is 0 Å². The molecule has 24 heavy (non-hydrogen) atoms. The number of nitrogen functional groups attached to an aromatic ring is 1. The molecule has 128 valence electrons. The standard InChI is InChI=1S/C17H22N4O3/c1-4-5-10-21(2)15-14(18)16(20-11-19-15)24-13-8-6-12(7-9-13)17(22)23-3/h6-9,11H,4-5,10,18H2,1-3H3. The summed E-state index contributed by atoms with van der Waals surface area (Å²) in [7, 11) is 3.27. The van der Waals surface area contributed by atoms with Crippen molar-refractivity contribution in [1.29, 1.82) is 0 Å². The van der Waals surface area contributed by atoms with Crippen LogP contribution in [0.1, 0.15) is 30.1 Å². The van der Waals surface area contributed by atoms with E-state index in [-0.39, 0.29) is 5.88 Å². The largest absolute Gasteiger partial charge is 0.465 e. The first-order valence-electron chi connectivity index (χ1n) is 7.74. The van der Waals surface area contributed by atoms with Gasteiger partial charge < -0.3 is 20.1 Å². The number of nitrogens with two attached hydrogens (primary N) is 1. The van der Waals surface area contributed by atoms with Gasteiger partial charge in [-0.15, -0.1) is 0 Å². The zero-order chi connectivity index (χ0) is 17.5. The summed E-state index contributed by atoms with van der Waals surface area (Å²) in [6.45, 7) is 2.98. The fraction of sp³-hybridized carbons (Fsp3) is 0.353. The number of carbonyl (C=O) groups excluding carboxylic acids is 1. The van der Waals surface area contributed by atoms with E-state index in [4.69, 9.17) is 10.5 Å². The number of nitrogens with zero attached hydrogens (tertiary/aromatic N) is 3. The van der Waals surface area contributed by atoms with Crippen molar-refractivity contribution in [2.24, 2.45) is 0 Å². The fourth-order valence-corrected chi connectivity index (χ4v) is 2.15. The van der Waals surface area contributed by atoms with E-state index < -0.39 is 5.97 Å². The Hall–Kier alpha value is -2.83. The molecule has 2 rings (SSSR count). The van der Waals surface area contributed by atoms with E-state index in [0.29, 0.717) is 22.8 Å². The zero-order valence-corrected chi connectivity index (χ0v) is 14.2. The molecule has 0 fully saturated rings. The van der Waals surface area contributed by atoms with E-state index in [1.807, 2.05) is 11.9 Å². The lowest BCUT2D eigenvalue weighted by atomic mass is 10.2. The molecule has 1 heterocycles. The van der Waals surface area contributed by atoms with Crippen LogP contribution in [0.4, 0.5) is 11.5 Å². The normalized spacial score (nSPS) is 10.3. The molecule has 1 aromatic carbocycles. The molecule has 0 aliphatic rings. The number of hydrogen-bond acceptors (Lipinski definition) is 7. The summed E-state index contributed by atoms with van der Waals surface area (Å²) in [6, 6.07) is 6.56. The fourth-order valence-electron chi connectivity index (χ4n) is 2.15. The number of benzene rings is 1. The molecule has 0 saturated heterocycles. The van der Waals surface area contributed by atoms with Crippen molar-refractivity contribution in [3.8, 4) is 11.6 Å². The summed E-state index contributed by atoms with van der Waals surface area (Å²) in [4.78, 5) is 21.7. The van der Waals surface area contributed by atoms with Crippen LogP contribution in [0.15, 0.2) is 30.6 Å². The first-order chi connectivity index (χ1) is 11.6. The minimum Gasteiger partial charge on any atom is -0.465 e. The summed E-state index contributed by atoms with van der Waals surface area (Å²) >= 11 is 0. The summed E-state index contributed by atoms with van der Waals surface area (Å²) in [5.41, 5.74) is 6.97. The van der Waals surface area contributed by atoms with Crippen LogP contribution < -0.4 is 15.4 Å². The van der Waals surface area contributed by atoms with Gasteiger partial charge in [0.05, 0.1) is 12.7 Å². The molecule has 0 spiro atoms. The number of unbranched alkanes of at least 4 members (excludes halogenated alkanes) is 1. The van der Waals surface area contributed by atoms with Crippen LogP contribution >= 0.6 is 0 Å². The number of rotatable bonds is 7. The van der Waals surface area contributed by atoms with Crippen molar-refractivity contribution in [1.82, 2.24) is 9.97 Å². The molecule has 0 aliphatic carbocycles. The first kappa shape index (κ1) is 17.5. The zero-order valence-electron chi connectivity index (χ0n) is 14.2. The Morgan fingerprint density at radius 3 is 2.58 bits per heavy atom. The van der Waals surface area contributed by atoms with Gasteiger partial charge in [0, 0.05) is 13.6 Å². The Kier molecular flexibility index (Phi) is 5.95. The van der Waals surface area contributed by atoms with E-state index in [2.05, 4.69) is 21.6 Å². The van der Waals surface area contributed by atoms with Crippen LogP contribution in [0.2, 0.25) is 0 Å². The highest BCUT2D eigenvalue weighted by Gasteiger charge is 2.14. The number of methoxy groups -OCH3 is 1. The van der Waals surface area contributed by atoms with Gasteiger partial charge in [-0.2, -0.15) is 4.98 Å². The smallest absolute Gasteiger partial charge is 0.337 e. The second-order valence-electron chi connectivity index (χ2n) is 5.31. The molecule has 2 aromatic rings. The van der Waals surface area contributed by atoms with Crippen molar-refractivity contribution >= 4 is 17.5 Å². The number of ether oxygens (including phenoxy) is 2. The molecular formula is C17H22N4O3. The summed E-state index contributed by atoms with van der Waals surface area (Å²) in [5.74, 6) is 1.05. The first-order valence-corrected chi connectivity index (χ1v) is 7.74. The summed E-state index contributed by atoms with van der Waals surface area (Å²) in [5, 5.41) is 0. The van der Waals surface area contributed by atoms with Crippen LogP contribution in [0.5, 0.6) is 11.6 Å². The third-order valence-electron chi connectivity index (χ3n) is 3.52. The Morgan fingerprint density at radius 2 is 1.96 bits per heavy atom. The van der Waals surface area contributed by atoms with Crippen LogP contribution in [-0.4, -0.2) is 36.6 Å². The van der Waals surface area contributed by atoms with E-state index in [1.54, 1.807) is 24.3 Å².